The van der Waals surface area contributed by atoms with Crippen LogP contribution in [0.25, 0.3) is 0 Å². The van der Waals surface area contributed by atoms with E-state index in [2.05, 4.69) is 0 Å². The van der Waals surface area contributed by atoms with E-state index in [0.29, 0.717) is 40.7 Å². The van der Waals surface area contributed by atoms with Crippen molar-refractivity contribution >= 4 is 40.6 Å². The highest BCUT2D eigenvalue weighted by molar-refractivity contribution is 6.38. The van der Waals surface area contributed by atoms with E-state index in [1.807, 2.05) is 0 Å². The Morgan fingerprint density at radius 1 is 1.35 bits per heavy atom. The molecule has 0 saturated heterocycles. The maximum absolute atomic E-state index is 11.9. The van der Waals surface area contributed by atoms with Crippen LogP contribution in [0.4, 0.5) is 5.69 Å². The SMILES string of the molecule is CC(=O)N1CCCC(=O)c2cc(Cl)cc(Cl)c21. The van der Waals surface area contributed by atoms with Gasteiger partial charge in [-0.2, -0.15) is 0 Å². The first-order valence-electron chi connectivity index (χ1n) is 5.31. The maximum Gasteiger partial charge on any atom is 0.223 e. The van der Waals surface area contributed by atoms with Crippen molar-refractivity contribution in [2.24, 2.45) is 0 Å². The fourth-order valence-electron chi connectivity index (χ4n) is 2.01. The second kappa shape index (κ2) is 4.67. The quantitative estimate of drug-likeness (QED) is 0.726. The minimum Gasteiger partial charge on any atom is -0.310 e. The number of Topliss-reactive ketones (excluding diaryl/α,β-unsaturated/α-hetero) is 1. The molecule has 0 N–H and O–H groups in total. The number of nitrogens with zero attached hydrogens (tertiary/aromatic N) is 1. The molecule has 0 bridgehead atoms. The number of hydrogen-bond acceptors (Lipinski definition) is 2. The van der Waals surface area contributed by atoms with Crippen LogP contribution in [0.1, 0.15) is 30.1 Å². The summed E-state index contributed by atoms with van der Waals surface area (Å²) in [7, 11) is 0. The fourth-order valence-corrected chi connectivity index (χ4v) is 2.61. The second-order valence-electron chi connectivity index (χ2n) is 3.98. The molecule has 17 heavy (non-hydrogen) atoms. The normalized spacial score (nSPS) is 15.5. The van der Waals surface area contributed by atoms with E-state index in [1.54, 1.807) is 17.0 Å². The van der Waals surface area contributed by atoms with Crippen LogP contribution in [0.3, 0.4) is 0 Å². The molecule has 1 aliphatic rings. The summed E-state index contributed by atoms with van der Waals surface area (Å²) < 4.78 is 0. The molecule has 1 aromatic rings. The third-order valence-corrected chi connectivity index (χ3v) is 3.27. The number of rotatable bonds is 0. The molecule has 2 rings (SSSR count). The van der Waals surface area contributed by atoms with E-state index in [9.17, 15) is 9.59 Å². The summed E-state index contributed by atoms with van der Waals surface area (Å²) in [5.41, 5.74) is 0.932. The van der Waals surface area contributed by atoms with Crippen molar-refractivity contribution in [3.63, 3.8) is 0 Å². The van der Waals surface area contributed by atoms with Crippen LogP contribution in [0.15, 0.2) is 12.1 Å². The molecule has 0 unspecified atom stereocenters. The van der Waals surface area contributed by atoms with E-state index in [1.165, 1.54) is 6.92 Å². The number of anilines is 1. The molecule has 0 spiro atoms. The Morgan fingerprint density at radius 2 is 2.06 bits per heavy atom. The highest BCUT2D eigenvalue weighted by atomic mass is 35.5. The van der Waals surface area contributed by atoms with Crippen LogP contribution in [-0.4, -0.2) is 18.2 Å². The van der Waals surface area contributed by atoms with Gasteiger partial charge in [0.05, 0.1) is 10.7 Å². The molecule has 1 amide bonds. The summed E-state index contributed by atoms with van der Waals surface area (Å²) in [6, 6.07) is 3.13. The minimum absolute atomic E-state index is 0.0202. The predicted molar refractivity (Wildman–Crippen MR) is 68.1 cm³/mol. The number of carbonyl (C=O) groups is 2. The molecular weight excluding hydrogens is 261 g/mol. The lowest BCUT2D eigenvalue weighted by Crippen LogP contribution is -2.29. The minimum atomic E-state index is -0.120. The summed E-state index contributed by atoms with van der Waals surface area (Å²) in [6.07, 6.45) is 1.05. The monoisotopic (exact) mass is 271 g/mol. The van der Waals surface area contributed by atoms with Crippen molar-refractivity contribution in [3.05, 3.63) is 27.7 Å². The van der Waals surface area contributed by atoms with Gasteiger partial charge in [0.2, 0.25) is 5.91 Å². The summed E-state index contributed by atoms with van der Waals surface area (Å²) in [6.45, 7) is 1.97. The molecule has 0 aromatic heterocycles. The first-order chi connectivity index (χ1) is 8.00. The molecule has 1 aromatic carbocycles. The van der Waals surface area contributed by atoms with Gasteiger partial charge in [0.1, 0.15) is 0 Å². The molecule has 0 saturated carbocycles. The van der Waals surface area contributed by atoms with Gasteiger partial charge in [-0.25, -0.2) is 0 Å². The van der Waals surface area contributed by atoms with Gasteiger partial charge in [0.15, 0.2) is 5.78 Å². The lowest BCUT2D eigenvalue weighted by molar-refractivity contribution is -0.116. The second-order valence-corrected chi connectivity index (χ2v) is 4.82. The van der Waals surface area contributed by atoms with Gasteiger partial charge in [-0.05, 0) is 18.6 Å². The lowest BCUT2D eigenvalue weighted by atomic mass is 10.1. The topological polar surface area (TPSA) is 37.4 Å². The highest BCUT2D eigenvalue weighted by Crippen LogP contribution is 2.36. The first-order valence-corrected chi connectivity index (χ1v) is 6.06. The van der Waals surface area contributed by atoms with Gasteiger partial charge in [-0.3, -0.25) is 9.59 Å². The van der Waals surface area contributed by atoms with Crippen LogP contribution in [-0.2, 0) is 4.79 Å². The zero-order valence-electron chi connectivity index (χ0n) is 9.30. The molecule has 0 radical (unpaired) electrons. The van der Waals surface area contributed by atoms with Gasteiger partial charge < -0.3 is 4.90 Å². The van der Waals surface area contributed by atoms with Gasteiger partial charge >= 0.3 is 0 Å². The number of halogens is 2. The van der Waals surface area contributed by atoms with Gasteiger partial charge in [-0.15, -0.1) is 0 Å². The standard InChI is InChI=1S/C12H11Cl2NO2/c1-7(16)15-4-2-3-11(17)9-5-8(13)6-10(14)12(9)15/h5-6H,2-4H2,1H3. The van der Waals surface area contributed by atoms with Crippen molar-refractivity contribution < 1.29 is 9.59 Å². The smallest absolute Gasteiger partial charge is 0.223 e. The van der Waals surface area contributed by atoms with E-state index in [-0.39, 0.29) is 11.7 Å². The Bertz CT molecular complexity index is 500. The van der Waals surface area contributed by atoms with Crippen LogP contribution in [0.2, 0.25) is 10.0 Å². The van der Waals surface area contributed by atoms with Crippen LogP contribution < -0.4 is 4.90 Å². The van der Waals surface area contributed by atoms with Crippen molar-refractivity contribution in [1.29, 1.82) is 0 Å². The summed E-state index contributed by atoms with van der Waals surface area (Å²) in [5, 5.41) is 0.755. The Hall–Kier alpha value is -1.06. The highest BCUT2D eigenvalue weighted by Gasteiger charge is 2.26. The van der Waals surface area contributed by atoms with E-state index in [4.69, 9.17) is 23.2 Å². The molecular formula is C12H11Cl2NO2. The Kier molecular flexibility index (Phi) is 3.40. The van der Waals surface area contributed by atoms with Crippen LogP contribution in [0, 0.1) is 0 Å². The molecule has 1 aliphatic heterocycles. The van der Waals surface area contributed by atoms with Gasteiger partial charge in [-0.1, -0.05) is 23.2 Å². The Balaban J connectivity index is 2.66. The zero-order valence-corrected chi connectivity index (χ0v) is 10.8. The molecule has 1 heterocycles. The lowest BCUT2D eigenvalue weighted by Gasteiger charge is -2.22. The number of carbonyl (C=O) groups excluding carboxylic acids is 2. The van der Waals surface area contributed by atoms with Crippen molar-refractivity contribution in [1.82, 2.24) is 0 Å². The number of benzene rings is 1. The van der Waals surface area contributed by atoms with Gasteiger partial charge in [0, 0.05) is 30.5 Å². The molecule has 3 nitrogen and oxygen atoms in total. The molecule has 0 aliphatic carbocycles. The number of ketones is 1. The zero-order chi connectivity index (χ0) is 12.6. The average molecular weight is 272 g/mol. The fraction of sp³-hybridized carbons (Fsp3) is 0.333. The maximum atomic E-state index is 11.9. The predicted octanol–water partition coefficient (Wildman–Crippen LogP) is 3.32. The number of amides is 1. The summed E-state index contributed by atoms with van der Waals surface area (Å²) >= 11 is 12.0. The third kappa shape index (κ3) is 2.31. The van der Waals surface area contributed by atoms with Crippen LogP contribution in [0.5, 0.6) is 0 Å². The van der Waals surface area contributed by atoms with Crippen LogP contribution >= 0.6 is 23.2 Å². The summed E-state index contributed by atoms with van der Waals surface area (Å²) in [5.74, 6) is -0.140. The van der Waals surface area contributed by atoms with Crippen molar-refractivity contribution in [2.45, 2.75) is 19.8 Å². The van der Waals surface area contributed by atoms with Gasteiger partial charge in [0.25, 0.3) is 0 Å². The van der Waals surface area contributed by atoms with E-state index in [0.717, 1.165) is 0 Å². The Morgan fingerprint density at radius 3 is 2.71 bits per heavy atom. The Labute approximate surface area is 109 Å². The molecule has 90 valence electrons. The number of fused-ring (bicyclic) bond motifs is 1. The van der Waals surface area contributed by atoms with E-state index >= 15 is 0 Å². The third-order valence-electron chi connectivity index (χ3n) is 2.76. The summed E-state index contributed by atoms with van der Waals surface area (Å²) in [4.78, 5) is 25.0. The largest absolute Gasteiger partial charge is 0.310 e. The molecule has 5 heteroatoms. The number of hydrogen-bond donors (Lipinski definition) is 0. The average Bonchev–Trinajstić information content (AvgIpc) is 2.39. The molecule has 0 fully saturated rings. The molecule has 0 atom stereocenters. The first kappa shape index (κ1) is 12.4. The van der Waals surface area contributed by atoms with E-state index < -0.39 is 0 Å². The van der Waals surface area contributed by atoms with Crippen molar-refractivity contribution in [3.8, 4) is 0 Å². The van der Waals surface area contributed by atoms with Crippen molar-refractivity contribution in [2.75, 3.05) is 11.4 Å².